The molecular weight excluding hydrogens is 282 g/mol. The lowest BCUT2D eigenvalue weighted by Crippen LogP contribution is -2.69. The van der Waals surface area contributed by atoms with Crippen LogP contribution in [0.4, 0.5) is 0 Å². The van der Waals surface area contributed by atoms with Crippen molar-refractivity contribution in [2.24, 2.45) is 5.73 Å². The van der Waals surface area contributed by atoms with E-state index in [1.165, 1.54) is 14.0 Å². The second-order valence-corrected chi connectivity index (χ2v) is 4.75. The fourth-order valence-electron chi connectivity index (χ4n) is 1.23. The highest BCUT2D eigenvalue weighted by atomic mass is 32.1. The fraction of sp³-hybridized carbons (Fsp3) is 0.727. The number of hydrogen-bond donors (Lipinski definition) is 6. The minimum atomic E-state index is -1.69. The summed E-state index contributed by atoms with van der Waals surface area (Å²) in [5.41, 5.74) is 4.16. The third-order valence-corrected chi connectivity index (χ3v) is 3.31. The highest BCUT2D eigenvalue weighted by Gasteiger charge is 2.36. The van der Waals surface area contributed by atoms with Gasteiger partial charge < -0.3 is 27.0 Å². The van der Waals surface area contributed by atoms with E-state index in [1.807, 2.05) is 0 Å². The van der Waals surface area contributed by atoms with Gasteiger partial charge in [0, 0.05) is 12.8 Å². The van der Waals surface area contributed by atoms with Gasteiger partial charge in [0.05, 0.1) is 6.04 Å². The first-order valence-electron chi connectivity index (χ1n) is 6.13. The summed E-state index contributed by atoms with van der Waals surface area (Å²) in [7, 11) is 3.06. The Balaban J connectivity index is 4.82. The average molecular weight is 305 g/mol. The van der Waals surface area contributed by atoms with Gasteiger partial charge in [0.15, 0.2) is 5.66 Å². The number of thiol groups is 1. The highest BCUT2D eigenvalue weighted by Crippen LogP contribution is 2.01. The van der Waals surface area contributed by atoms with Crippen LogP contribution in [-0.4, -0.2) is 55.3 Å². The van der Waals surface area contributed by atoms with Crippen LogP contribution in [0.1, 0.15) is 13.8 Å². The summed E-state index contributed by atoms with van der Waals surface area (Å²) >= 11 is 3.99. The monoisotopic (exact) mass is 305 g/mol. The van der Waals surface area contributed by atoms with E-state index in [1.54, 1.807) is 14.0 Å². The van der Waals surface area contributed by atoms with Crippen LogP contribution < -0.4 is 27.0 Å². The molecule has 0 fully saturated rings. The van der Waals surface area contributed by atoms with E-state index >= 15 is 0 Å². The van der Waals surface area contributed by atoms with Crippen molar-refractivity contribution in [3.63, 3.8) is 0 Å². The Morgan fingerprint density at radius 2 is 1.70 bits per heavy atom. The van der Waals surface area contributed by atoms with Gasteiger partial charge >= 0.3 is 0 Å². The number of nitrogens with one attached hydrogen (secondary N) is 4. The van der Waals surface area contributed by atoms with Crippen molar-refractivity contribution in [2.45, 2.75) is 31.6 Å². The Bertz CT molecular complexity index is 379. The van der Waals surface area contributed by atoms with Crippen molar-refractivity contribution < 1.29 is 14.4 Å². The van der Waals surface area contributed by atoms with Crippen molar-refractivity contribution in [1.29, 1.82) is 0 Å². The summed E-state index contributed by atoms with van der Waals surface area (Å²) in [6.45, 7) is 3.13. The van der Waals surface area contributed by atoms with Crippen LogP contribution in [0.5, 0.6) is 0 Å². The van der Waals surface area contributed by atoms with Crippen molar-refractivity contribution in [2.75, 3.05) is 19.8 Å². The predicted octanol–water partition coefficient (Wildman–Crippen LogP) is -2.45. The fourth-order valence-corrected chi connectivity index (χ4v) is 1.46. The van der Waals surface area contributed by atoms with Crippen molar-refractivity contribution >= 4 is 30.4 Å². The van der Waals surface area contributed by atoms with Gasteiger partial charge in [-0.3, -0.25) is 14.4 Å². The molecule has 0 bridgehead atoms. The Morgan fingerprint density at radius 3 is 2.10 bits per heavy atom. The maximum Gasteiger partial charge on any atom is 0.262 e. The van der Waals surface area contributed by atoms with Crippen molar-refractivity contribution in [1.82, 2.24) is 21.3 Å². The molecule has 9 heteroatoms. The van der Waals surface area contributed by atoms with Crippen LogP contribution in [-0.2, 0) is 14.4 Å². The van der Waals surface area contributed by atoms with Gasteiger partial charge in [-0.15, -0.1) is 0 Å². The molecule has 0 rings (SSSR count). The normalized spacial score (nSPS) is 16.5. The molecule has 0 radical (unpaired) electrons. The molecule has 3 atom stereocenters. The molecular formula is C11H23N5O3S. The minimum Gasteiger partial charge on any atom is -0.357 e. The Labute approximate surface area is 124 Å². The third-order valence-electron chi connectivity index (χ3n) is 2.81. The zero-order valence-corrected chi connectivity index (χ0v) is 13.0. The lowest BCUT2D eigenvalue weighted by molar-refractivity contribution is -0.135. The molecule has 8 nitrogen and oxygen atoms in total. The van der Waals surface area contributed by atoms with E-state index < -0.39 is 29.6 Å². The molecule has 0 saturated heterocycles. The van der Waals surface area contributed by atoms with Crippen LogP contribution in [0.15, 0.2) is 0 Å². The van der Waals surface area contributed by atoms with Crippen LogP contribution >= 0.6 is 12.6 Å². The van der Waals surface area contributed by atoms with E-state index in [-0.39, 0.29) is 11.7 Å². The highest BCUT2D eigenvalue weighted by molar-refractivity contribution is 7.80. The average Bonchev–Trinajstić information content (AvgIpc) is 2.44. The molecule has 0 aliphatic carbocycles. The standard InChI is InChI=1S/C11H23N5O3S/c1-6(13-3)9(18)16-11(12,5-20)10(19)15-7(2)8(17)14-4/h6-7,13,20H,5,12H2,1-4H3,(H,14,17)(H,15,19)(H,16,18)/t6-,7-,11?/m0/s1. The van der Waals surface area contributed by atoms with Gasteiger partial charge in [0.1, 0.15) is 6.04 Å². The Kier molecular flexibility index (Phi) is 7.54. The van der Waals surface area contributed by atoms with Crippen LogP contribution in [0.2, 0.25) is 0 Å². The van der Waals surface area contributed by atoms with Crippen LogP contribution in [0, 0.1) is 0 Å². The van der Waals surface area contributed by atoms with E-state index in [0.29, 0.717) is 0 Å². The quantitative estimate of drug-likeness (QED) is 0.230. The summed E-state index contributed by atoms with van der Waals surface area (Å²) in [6, 6.07) is -1.28. The molecule has 0 aromatic rings. The Morgan fingerprint density at radius 1 is 1.15 bits per heavy atom. The zero-order valence-electron chi connectivity index (χ0n) is 12.1. The van der Waals surface area contributed by atoms with Gasteiger partial charge in [-0.25, -0.2) is 0 Å². The number of amides is 3. The summed E-state index contributed by atoms with van der Waals surface area (Å²) in [5, 5.41) is 9.96. The van der Waals surface area contributed by atoms with Gasteiger partial charge in [-0.2, -0.15) is 12.6 Å². The smallest absolute Gasteiger partial charge is 0.262 e. The predicted molar refractivity (Wildman–Crippen MR) is 79.1 cm³/mol. The molecule has 6 N–H and O–H groups in total. The summed E-state index contributed by atoms with van der Waals surface area (Å²) in [5.74, 6) is -1.59. The van der Waals surface area contributed by atoms with E-state index in [2.05, 4.69) is 33.9 Å². The van der Waals surface area contributed by atoms with E-state index in [4.69, 9.17) is 5.73 Å². The summed E-state index contributed by atoms with van der Waals surface area (Å²) in [6.07, 6.45) is 0. The second kappa shape index (κ2) is 8.08. The molecule has 0 heterocycles. The maximum atomic E-state index is 12.1. The summed E-state index contributed by atoms with van der Waals surface area (Å²) in [4.78, 5) is 35.2. The van der Waals surface area contributed by atoms with E-state index in [9.17, 15) is 14.4 Å². The number of nitrogens with two attached hydrogens (primary N) is 1. The SMILES string of the molecule is CNC(=O)[C@H](C)NC(=O)C(N)(CS)NC(=O)[C@H](C)NC. The maximum absolute atomic E-state index is 12.1. The molecule has 0 aliphatic rings. The topological polar surface area (TPSA) is 125 Å². The van der Waals surface area contributed by atoms with Gasteiger partial charge in [0.25, 0.3) is 5.91 Å². The van der Waals surface area contributed by atoms with Crippen LogP contribution in [0.25, 0.3) is 0 Å². The number of carbonyl (C=O) groups excluding carboxylic acids is 3. The third kappa shape index (κ3) is 4.99. The number of hydrogen-bond acceptors (Lipinski definition) is 6. The van der Waals surface area contributed by atoms with E-state index in [0.717, 1.165) is 0 Å². The second-order valence-electron chi connectivity index (χ2n) is 4.44. The van der Waals surface area contributed by atoms with Crippen molar-refractivity contribution in [3.05, 3.63) is 0 Å². The lowest BCUT2D eigenvalue weighted by Gasteiger charge is -2.30. The molecule has 20 heavy (non-hydrogen) atoms. The molecule has 0 aromatic heterocycles. The number of carbonyl (C=O) groups is 3. The molecule has 3 amide bonds. The Hall–Kier alpha value is -1.32. The van der Waals surface area contributed by atoms with Crippen LogP contribution in [0.3, 0.4) is 0 Å². The van der Waals surface area contributed by atoms with Gasteiger partial charge in [-0.1, -0.05) is 0 Å². The number of likely N-dealkylation sites (N-methyl/N-ethyl adjacent to an activating group) is 2. The molecule has 0 aliphatic heterocycles. The molecule has 1 unspecified atom stereocenters. The van der Waals surface area contributed by atoms with Crippen molar-refractivity contribution in [3.8, 4) is 0 Å². The first-order chi connectivity index (χ1) is 9.21. The minimum absolute atomic E-state index is 0.110. The van der Waals surface area contributed by atoms with Gasteiger partial charge in [-0.05, 0) is 20.9 Å². The molecule has 0 spiro atoms. The first kappa shape index (κ1) is 18.7. The molecule has 116 valence electrons. The zero-order chi connectivity index (χ0) is 15.9. The van der Waals surface area contributed by atoms with Gasteiger partial charge in [0.2, 0.25) is 11.8 Å². The first-order valence-corrected chi connectivity index (χ1v) is 6.76. The number of rotatable bonds is 7. The lowest BCUT2D eigenvalue weighted by atomic mass is 10.1. The largest absolute Gasteiger partial charge is 0.357 e. The molecule has 0 saturated carbocycles. The summed E-state index contributed by atoms with van der Waals surface area (Å²) < 4.78 is 0. The molecule has 0 aromatic carbocycles.